The Hall–Kier alpha value is -1.75. The lowest BCUT2D eigenvalue weighted by molar-refractivity contribution is -0.121. The molecule has 138 valence electrons. The number of halogens is 2. The van der Waals surface area contributed by atoms with Crippen LogP contribution < -0.4 is 10.1 Å². The van der Waals surface area contributed by atoms with Crippen LogP contribution in [0, 0.1) is 5.92 Å². The van der Waals surface area contributed by atoms with Crippen molar-refractivity contribution in [3.05, 3.63) is 58.1 Å². The molecule has 2 aromatic rings. The molecule has 0 aromatic heterocycles. The smallest absolute Gasteiger partial charge is 0.228 e. The summed E-state index contributed by atoms with van der Waals surface area (Å²) in [6.45, 7) is 2.41. The SMILES string of the molecule is COc1ccc(NC(=O)[C@H]2CCCN(Cc3ccc(Cl)cc3Cl)C2)cc1. The summed E-state index contributed by atoms with van der Waals surface area (Å²) in [6.07, 6.45) is 1.89. The van der Waals surface area contributed by atoms with Gasteiger partial charge in [-0.2, -0.15) is 0 Å². The van der Waals surface area contributed by atoms with Crippen LogP contribution in [0.25, 0.3) is 0 Å². The molecule has 4 nitrogen and oxygen atoms in total. The first-order valence-electron chi connectivity index (χ1n) is 8.66. The maximum Gasteiger partial charge on any atom is 0.228 e. The molecule has 0 saturated carbocycles. The van der Waals surface area contributed by atoms with Gasteiger partial charge in [-0.3, -0.25) is 9.69 Å². The summed E-state index contributed by atoms with van der Waals surface area (Å²) in [5, 5.41) is 4.30. The predicted molar refractivity (Wildman–Crippen MR) is 106 cm³/mol. The van der Waals surface area contributed by atoms with Crippen LogP contribution in [0.1, 0.15) is 18.4 Å². The van der Waals surface area contributed by atoms with E-state index in [2.05, 4.69) is 10.2 Å². The lowest BCUT2D eigenvalue weighted by Crippen LogP contribution is -2.40. The molecule has 0 unspecified atom stereocenters. The van der Waals surface area contributed by atoms with Crippen LogP contribution in [0.2, 0.25) is 10.0 Å². The van der Waals surface area contributed by atoms with Gasteiger partial charge in [0.2, 0.25) is 5.91 Å². The fourth-order valence-corrected chi connectivity index (χ4v) is 3.69. The summed E-state index contributed by atoms with van der Waals surface area (Å²) in [7, 11) is 1.62. The molecule has 1 saturated heterocycles. The highest BCUT2D eigenvalue weighted by molar-refractivity contribution is 6.35. The van der Waals surface area contributed by atoms with Crippen LogP contribution in [0.15, 0.2) is 42.5 Å². The number of rotatable bonds is 5. The standard InChI is InChI=1S/C20H22Cl2N2O2/c1-26-18-8-6-17(7-9-18)23-20(25)15-3-2-10-24(13-15)12-14-4-5-16(21)11-19(14)22/h4-9,11,15H,2-3,10,12-13H2,1H3,(H,23,25)/t15-/m0/s1. The van der Waals surface area contributed by atoms with Gasteiger partial charge in [-0.1, -0.05) is 29.3 Å². The van der Waals surface area contributed by atoms with Crippen molar-refractivity contribution in [3.8, 4) is 5.75 Å². The molecule has 1 fully saturated rings. The fourth-order valence-electron chi connectivity index (χ4n) is 3.22. The number of nitrogens with one attached hydrogen (secondary N) is 1. The highest BCUT2D eigenvalue weighted by Gasteiger charge is 2.26. The van der Waals surface area contributed by atoms with Crippen LogP contribution in [0.5, 0.6) is 5.75 Å². The number of amides is 1. The number of carbonyl (C=O) groups is 1. The molecule has 0 aliphatic carbocycles. The van der Waals surface area contributed by atoms with Crippen molar-refractivity contribution in [2.45, 2.75) is 19.4 Å². The van der Waals surface area contributed by atoms with Crippen LogP contribution >= 0.6 is 23.2 Å². The van der Waals surface area contributed by atoms with Gasteiger partial charge in [0.1, 0.15) is 5.75 Å². The predicted octanol–water partition coefficient (Wildman–Crippen LogP) is 4.85. The maximum absolute atomic E-state index is 12.6. The van der Waals surface area contributed by atoms with Crippen LogP contribution in [0.4, 0.5) is 5.69 Å². The van der Waals surface area contributed by atoms with E-state index in [-0.39, 0.29) is 11.8 Å². The van der Waals surface area contributed by atoms with Crippen LogP contribution in [-0.4, -0.2) is 31.0 Å². The van der Waals surface area contributed by atoms with Gasteiger partial charge in [0.05, 0.1) is 13.0 Å². The molecule has 1 atom stereocenters. The average Bonchev–Trinajstić information content (AvgIpc) is 2.65. The molecule has 1 N–H and O–H groups in total. The highest BCUT2D eigenvalue weighted by atomic mass is 35.5. The van der Waals surface area contributed by atoms with E-state index in [4.69, 9.17) is 27.9 Å². The van der Waals surface area contributed by atoms with Crippen molar-refractivity contribution in [2.24, 2.45) is 5.92 Å². The van der Waals surface area contributed by atoms with Crippen LogP contribution in [-0.2, 0) is 11.3 Å². The molecule has 0 bridgehead atoms. The maximum atomic E-state index is 12.6. The van der Waals surface area contributed by atoms with E-state index in [1.165, 1.54) is 0 Å². The van der Waals surface area contributed by atoms with E-state index in [0.717, 1.165) is 49.5 Å². The van der Waals surface area contributed by atoms with Gasteiger partial charge >= 0.3 is 0 Å². The molecule has 2 aromatic carbocycles. The molecule has 0 radical (unpaired) electrons. The molecule has 1 heterocycles. The molecule has 1 amide bonds. The van der Waals surface area contributed by atoms with Gasteiger partial charge in [0.15, 0.2) is 0 Å². The molecule has 3 rings (SSSR count). The highest BCUT2D eigenvalue weighted by Crippen LogP contribution is 2.25. The Morgan fingerprint density at radius 1 is 1.23 bits per heavy atom. The zero-order chi connectivity index (χ0) is 18.5. The van der Waals surface area contributed by atoms with Crippen molar-refractivity contribution in [1.82, 2.24) is 4.90 Å². The fraction of sp³-hybridized carbons (Fsp3) is 0.350. The normalized spacial score (nSPS) is 17.7. The summed E-state index contributed by atoms with van der Waals surface area (Å²) in [6, 6.07) is 12.9. The van der Waals surface area contributed by atoms with Gasteiger partial charge in [-0.05, 0) is 61.3 Å². The van der Waals surface area contributed by atoms with E-state index < -0.39 is 0 Å². The number of hydrogen-bond acceptors (Lipinski definition) is 3. The number of methoxy groups -OCH3 is 1. The minimum absolute atomic E-state index is 0.0306. The average molecular weight is 393 g/mol. The Morgan fingerprint density at radius 3 is 2.69 bits per heavy atom. The van der Waals surface area contributed by atoms with Gasteiger partial charge in [-0.15, -0.1) is 0 Å². The Labute approximate surface area is 164 Å². The minimum atomic E-state index is -0.0306. The van der Waals surface area contributed by atoms with Crippen molar-refractivity contribution < 1.29 is 9.53 Å². The third kappa shape index (κ3) is 4.91. The lowest BCUT2D eigenvalue weighted by atomic mass is 9.96. The van der Waals surface area contributed by atoms with Gasteiger partial charge in [-0.25, -0.2) is 0 Å². The second-order valence-electron chi connectivity index (χ2n) is 6.53. The Bertz CT molecular complexity index is 765. The third-order valence-electron chi connectivity index (χ3n) is 4.64. The first kappa shape index (κ1) is 19.0. The summed E-state index contributed by atoms with van der Waals surface area (Å²) < 4.78 is 5.14. The summed E-state index contributed by atoms with van der Waals surface area (Å²) in [5.41, 5.74) is 1.82. The molecule has 6 heteroatoms. The Balaban J connectivity index is 1.59. The largest absolute Gasteiger partial charge is 0.497 e. The van der Waals surface area contributed by atoms with Crippen molar-refractivity contribution in [1.29, 1.82) is 0 Å². The third-order valence-corrected chi connectivity index (χ3v) is 5.23. The number of likely N-dealkylation sites (tertiary alicyclic amines) is 1. The van der Waals surface area contributed by atoms with Crippen molar-refractivity contribution in [3.63, 3.8) is 0 Å². The molecule has 1 aliphatic rings. The van der Waals surface area contributed by atoms with E-state index in [9.17, 15) is 4.79 Å². The van der Waals surface area contributed by atoms with Gasteiger partial charge < -0.3 is 10.1 Å². The number of piperidine rings is 1. The number of benzene rings is 2. The topological polar surface area (TPSA) is 41.6 Å². The first-order chi connectivity index (χ1) is 12.5. The van der Waals surface area contributed by atoms with E-state index in [1.54, 1.807) is 13.2 Å². The summed E-state index contributed by atoms with van der Waals surface area (Å²) >= 11 is 12.2. The summed E-state index contributed by atoms with van der Waals surface area (Å²) in [4.78, 5) is 14.9. The number of anilines is 1. The Kier molecular flexibility index (Phi) is 6.41. The number of ether oxygens (including phenoxy) is 1. The molecular weight excluding hydrogens is 371 g/mol. The summed E-state index contributed by atoms with van der Waals surface area (Å²) in [5.74, 6) is 0.797. The van der Waals surface area contributed by atoms with Gasteiger partial charge in [0, 0.05) is 28.8 Å². The second-order valence-corrected chi connectivity index (χ2v) is 7.37. The molecule has 0 spiro atoms. The van der Waals surface area contributed by atoms with E-state index >= 15 is 0 Å². The van der Waals surface area contributed by atoms with Crippen molar-refractivity contribution in [2.75, 3.05) is 25.5 Å². The Morgan fingerprint density at radius 2 is 2.00 bits per heavy atom. The molecule has 1 aliphatic heterocycles. The quantitative estimate of drug-likeness (QED) is 0.790. The van der Waals surface area contributed by atoms with Crippen molar-refractivity contribution >= 4 is 34.8 Å². The second kappa shape index (κ2) is 8.76. The lowest BCUT2D eigenvalue weighted by Gasteiger charge is -2.32. The molecule has 26 heavy (non-hydrogen) atoms. The number of hydrogen-bond donors (Lipinski definition) is 1. The van der Waals surface area contributed by atoms with Gasteiger partial charge in [0.25, 0.3) is 0 Å². The van der Waals surface area contributed by atoms with E-state index in [1.807, 2.05) is 36.4 Å². The zero-order valence-corrected chi connectivity index (χ0v) is 16.2. The van der Waals surface area contributed by atoms with E-state index in [0.29, 0.717) is 10.0 Å². The first-order valence-corrected chi connectivity index (χ1v) is 9.42. The zero-order valence-electron chi connectivity index (χ0n) is 14.7. The van der Waals surface area contributed by atoms with Crippen LogP contribution in [0.3, 0.4) is 0 Å². The minimum Gasteiger partial charge on any atom is -0.497 e. The number of nitrogens with zero attached hydrogens (tertiary/aromatic N) is 1. The monoisotopic (exact) mass is 392 g/mol. The number of carbonyl (C=O) groups excluding carboxylic acids is 1. The molecular formula is C20H22Cl2N2O2.